The van der Waals surface area contributed by atoms with E-state index < -0.39 is 0 Å². The summed E-state index contributed by atoms with van der Waals surface area (Å²) in [7, 11) is 0. The molecule has 1 heterocycles. The van der Waals surface area contributed by atoms with Crippen molar-refractivity contribution in [3.63, 3.8) is 0 Å². The number of anilines is 1. The Kier molecular flexibility index (Phi) is 4.44. The summed E-state index contributed by atoms with van der Waals surface area (Å²) >= 11 is 0. The van der Waals surface area contributed by atoms with Crippen molar-refractivity contribution in [3.8, 4) is 5.75 Å². The maximum absolute atomic E-state index is 10.1. The van der Waals surface area contributed by atoms with E-state index in [9.17, 15) is 5.11 Å². The number of phenolic OH excluding ortho intramolecular Hbond substituents is 1. The molecule has 4 nitrogen and oxygen atoms in total. The molecular weight excluding hydrogens is 228 g/mol. The Morgan fingerprint density at radius 3 is 2.72 bits per heavy atom. The van der Waals surface area contributed by atoms with E-state index in [1.807, 2.05) is 12.1 Å². The van der Waals surface area contributed by atoms with E-state index in [1.54, 1.807) is 0 Å². The van der Waals surface area contributed by atoms with Gasteiger partial charge in [0.15, 0.2) is 0 Å². The molecule has 2 rings (SSSR count). The van der Waals surface area contributed by atoms with Crippen LogP contribution in [0.5, 0.6) is 5.75 Å². The minimum atomic E-state index is 0.175. The zero-order chi connectivity index (χ0) is 13.0. The van der Waals surface area contributed by atoms with Crippen LogP contribution >= 0.6 is 0 Å². The molecular formula is C14H22N2O2. The Balaban J connectivity index is 2.13. The van der Waals surface area contributed by atoms with Crippen molar-refractivity contribution in [2.24, 2.45) is 0 Å². The first-order valence-electron chi connectivity index (χ1n) is 6.61. The van der Waals surface area contributed by atoms with E-state index >= 15 is 0 Å². The van der Waals surface area contributed by atoms with Crippen molar-refractivity contribution in [1.29, 1.82) is 0 Å². The van der Waals surface area contributed by atoms with E-state index in [0.717, 1.165) is 44.1 Å². The number of hydrogen-bond donors (Lipinski definition) is 2. The van der Waals surface area contributed by atoms with Crippen LogP contribution in [0.4, 0.5) is 5.69 Å². The predicted octanol–water partition coefficient (Wildman–Crippen LogP) is 1.90. The summed E-state index contributed by atoms with van der Waals surface area (Å²) in [5.74, 6) is 0.368. The third-order valence-corrected chi connectivity index (χ3v) is 3.37. The van der Waals surface area contributed by atoms with Crippen molar-refractivity contribution in [1.82, 2.24) is 5.32 Å². The van der Waals surface area contributed by atoms with Gasteiger partial charge >= 0.3 is 0 Å². The van der Waals surface area contributed by atoms with Crippen molar-refractivity contribution in [2.75, 3.05) is 37.7 Å². The van der Waals surface area contributed by atoms with Crippen molar-refractivity contribution in [2.45, 2.75) is 19.9 Å². The molecule has 100 valence electrons. The molecule has 18 heavy (non-hydrogen) atoms. The number of morpholine rings is 1. The topological polar surface area (TPSA) is 44.7 Å². The van der Waals surface area contributed by atoms with Crippen molar-refractivity contribution >= 4 is 5.69 Å². The molecule has 1 saturated heterocycles. The van der Waals surface area contributed by atoms with Crippen LogP contribution in [-0.2, 0) is 4.74 Å². The van der Waals surface area contributed by atoms with E-state index in [-0.39, 0.29) is 6.04 Å². The number of benzene rings is 1. The lowest BCUT2D eigenvalue weighted by Crippen LogP contribution is -2.36. The van der Waals surface area contributed by atoms with Gasteiger partial charge in [0.25, 0.3) is 0 Å². The second-order valence-electron chi connectivity index (χ2n) is 4.62. The van der Waals surface area contributed by atoms with Gasteiger partial charge in [-0.3, -0.25) is 0 Å². The molecule has 1 aliphatic heterocycles. The first-order valence-corrected chi connectivity index (χ1v) is 6.61. The highest BCUT2D eigenvalue weighted by Gasteiger charge is 2.14. The van der Waals surface area contributed by atoms with Crippen LogP contribution in [0, 0.1) is 0 Å². The summed E-state index contributed by atoms with van der Waals surface area (Å²) in [6.45, 7) is 8.32. The molecule has 0 spiro atoms. The highest BCUT2D eigenvalue weighted by Crippen LogP contribution is 2.29. The third-order valence-electron chi connectivity index (χ3n) is 3.37. The Morgan fingerprint density at radius 2 is 2.11 bits per heavy atom. The fraction of sp³-hybridized carbons (Fsp3) is 0.571. The summed E-state index contributed by atoms with van der Waals surface area (Å²) in [5.41, 5.74) is 2.03. The average Bonchev–Trinajstić information content (AvgIpc) is 2.40. The monoisotopic (exact) mass is 250 g/mol. The molecule has 1 aromatic carbocycles. The smallest absolute Gasteiger partial charge is 0.122 e. The zero-order valence-corrected chi connectivity index (χ0v) is 11.1. The highest BCUT2D eigenvalue weighted by molar-refractivity contribution is 5.54. The molecule has 0 bridgehead atoms. The zero-order valence-electron chi connectivity index (χ0n) is 11.1. The molecule has 1 aliphatic rings. The van der Waals surface area contributed by atoms with Crippen LogP contribution in [0.15, 0.2) is 18.2 Å². The first kappa shape index (κ1) is 13.2. The maximum atomic E-state index is 10.1. The number of nitrogens with zero attached hydrogens (tertiary/aromatic N) is 1. The maximum Gasteiger partial charge on any atom is 0.122 e. The third kappa shape index (κ3) is 2.94. The van der Waals surface area contributed by atoms with E-state index in [4.69, 9.17) is 4.74 Å². The molecule has 2 N–H and O–H groups in total. The fourth-order valence-corrected chi connectivity index (χ4v) is 2.33. The molecule has 1 fully saturated rings. The Hall–Kier alpha value is -1.26. The molecule has 1 atom stereocenters. The first-order chi connectivity index (χ1) is 8.72. The minimum Gasteiger partial charge on any atom is -0.508 e. The standard InChI is InChI=1S/C14H22N2O2/c1-3-15-11(2)13-5-4-12(10-14(13)17)16-6-8-18-9-7-16/h4-5,10-11,15,17H,3,6-9H2,1-2H3. The van der Waals surface area contributed by atoms with Gasteiger partial charge in [-0.1, -0.05) is 13.0 Å². The van der Waals surface area contributed by atoms with Gasteiger partial charge < -0.3 is 20.1 Å². The lowest BCUT2D eigenvalue weighted by atomic mass is 10.1. The van der Waals surface area contributed by atoms with Gasteiger partial charge in [-0.15, -0.1) is 0 Å². The van der Waals surface area contributed by atoms with Gasteiger partial charge in [-0.25, -0.2) is 0 Å². The van der Waals surface area contributed by atoms with Crippen LogP contribution in [-0.4, -0.2) is 38.0 Å². The number of ether oxygens (including phenoxy) is 1. The molecule has 0 amide bonds. The van der Waals surface area contributed by atoms with Gasteiger partial charge in [0.2, 0.25) is 0 Å². The van der Waals surface area contributed by atoms with Crippen LogP contribution in [0.25, 0.3) is 0 Å². The van der Waals surface area contributed by atoms with Gasteiger partial charge in [0, 0.05) is 36.4 Å². The fourth-order valence-electron chi connectivity index (χ4n) is 2.33. The summed E-state index contributed by atoms with van der Waals surface area (Å²) in [4.78, 5) is 2.24. The largest absolute Gasteiger partial charge is 0.508 e. The number of nitrogens with one attached hydrogen (secondary N) is 1. The lowest BCUT2D eigenvalue weighted by molar-refractivity contribution is 0.122. The van der Waals surface area contributed by atoms with Crippen molar-refractivity contribution in [3.05, 3.63) is 23.8 Å². The van der Waals surface area contributed by atoms with E-state index in [2.05, 4.69) is 30.1 Å². The molecule has 0 aliphatic carbocycles. The van der Waals surface area contributed by atoms with Gasteiger partial charge in [-0.05, 0) is 19.5 Å². The Labute approximate surface area is 109 Å². The summed E-state index contributed by atoms with van der Waals surface area (Å²) in [6, 6.07) is 6.12. The normalized spacial score (nSPS) is 17.8. The summed E-state index contributed by atoms with van der Waals surface area (Å²) in [5, 5.41) is 13.4. The van der Waals surface area contributed by atoms with Crippen molar-refractivity contribution < 1.29 is 9.84 Å². The van der Waals surface area contributed by atoms with E-state index in [1.165, 1.54) is 0 Å². The van der Waals surface area contributed by atoms with E-state index in [0.29, 0.717) is 5.75 Å². The molecule has 0 radical (unpaired) electrons. The quantitative estimate of drug-likeness (QED) is 0.856. The van der Waals surface area contributed by atoms with Crippen LogP contribution in [0.1, 0.15) is 25.5 Å². The van der Waals surface area contributed by atoms with Gasteiger partial charge in [0.05, 0.1) is 13.2 Å². The Bertz CT molecular complexity index is 389. The summed E-state index contributed by atoms with van der Waals surface area (Å²) < 4.78 is 5.33. The lowest BCUT2D eigenvalue weighted by Gasteiger charge is -2.29. The Morgan fingerprint density at radius 1 is 1.39 bits per heavy atom. The predicted molar refractivity (Wildman–Crippen MR) is 73.2 cm³/mol. The number of aromatic hydroxyl groups is 1. The second-order valence-corrected chi connectivity index (χ2v) is 4.62. The molecule has 4 heteroatoms. The molecule has 1 aromatic rings. The van der Waals surface area contributed by atoms with Crippen LogP contribution in [0.2, 0.25) is 0 Å². The van der Waals surface area contributed by atoms with Crippen LogP contribution < -0.4 is 10.2 Å². The summed E-state index contributed by atoms with van der Waals surface area (Å²) in [6.07, 6.45) is 0. The minimum absolute atomic E-state index is 0.175. The van der Waals surface area contributed by atoms with Gasteiger partial charge in [0.1, 0.15) is 5.75 Å². The SMILES string of the molecule is CCNC(C)c1ccc(N2CCOCC2)cc1O. The number of hydrogen-bond acceptors (Lipinski definition) is 4. The molecule has 1 unspecified atom stereocenters. The number of phenols is 1. The van der Waals surface area contributed by atoms with Gasteiger partial charge in [-0.2, -0.15) is 0 Å². The van der Waals surface area contributed by atoms with Crippen LogP contribution in [0.3, 0.4) is 0 Å². The highest BCUT2D eigenvalue weighted by atomic mass is 16.5. The second kappa shape index (κ2) is 6.07. The number of rotatable bonds is 4. The molecule has 0 saturated carbocycles. The molecule has 0 aromatic heterocycles. The average molecular weight is 250 g/mol.